The van der Waals surface area contributed by atoms with Crippen LogP contribution >= 0.6 is 0 Å². The summed E-state index contributed by atoms with van der Waals surface area (Å²) in [7, 11) is 0. The summed E-state index contributed by atoms with van der Waals surface area (Å²) in [6, 6.07) is 12.0. The lowest BCUT2D eigenvalue weighted by Gasteiger charge is -2.32. The fraction of sp³-hybridized carbons (Fsp3) is 0.458. The van der Waals surface area contributed by atoms with Crippen LogP contribution in [-0.2, 0) is 11.3 Å². The van der Waals surface area contributed by atoms with Crippen molar-refractivity contribution < 1.29 is 9.53 Å². The molecule has 0 spiro atoms. The van der Waals surface area contributed by atoms with Crippen molar-refractivity contribution in [1.82, 2.24) is 15.6 Å². The van der Waals surface area contributed by atoms with Crippen LogP contribution in [0.3, 0.4) is 0 Å². The second-order valence-corrected chi connectivity index (χ2v) is 7.93. The molecule has 0 aliphatic carbocycles. The van der Waals surface area contributed by atoms with E-state index in [2.05, 4.69) is 33.5 Å². The van der Waals surface area contributed by atoms with Crippen LogP contribution in [0.2, 0.25) is 0 Å². The fourth-order valence-electron chi connectivity index (χ4n) is 3.69. The Hall–Kier alpha value is -3.29. The number of piperidine rings is 1. The van der Waals surface area contributed by atoms with Crippen molar-refractivity contribution in [3.8, 4) is 5.75 Å². The Morgan fingerprint density at radius 1 is 1.22 bits per heavy atom. The number of ether oxygens (including phenoxy) is 1. The van der Waals surface area contributed by atoms with E-state index in [1.54, 1.807) is 6.20 Å². The Bertz CT molecular complexity index is 892. The number of primary amides is 1. The van der Waals surface area contributed by atoms with Crippen LogP contribution in [0.15, 0.2) is 47.6 Å². The first-order valence-corrected chi connectivity index (χ1v) is 11.3. The summed E-state index contributed by atoms with van der Waals surface area (Å²) in [6.45, 7) is 8.10. The lowest BCUT2D eigenvalue weighted by molar-refractivity contribution is -0.122. The van der Waals surface area contributed by atoms with Gasteiger partial charge in [-0.25, -0.2) is 9.98 Å². The lowest BCUT2D eigenvalue weighted by Crippen LogP contribution is -2.40. The topological polar surface area (TPSA) is 105 Å². The molecule has 0 saturated carbocycles. The third-order valence-corrected chi connectivity index (χ3v) is 5.50. The highest BCUT2D eigenvalue weighted by atomic mass is 16.5. The van der Waals surface area contributed by atoms with Crippen LogP contribution in [0, 0.1) is 12.8 Å². The first kappa shape index (κ1) is 23.4. The number of nitrogens with one attached hydrogen (secondary N) is 2. The van der Waals surface area contributed by atoms with Gasteiger partial charge in [0.2, 0.25) is 5.91 Å². The van der Waals surface area contributed by atoms with E-state index in [1.165, 1.54) is 5.56 Å². The summed E-state index contributed by atoms with van der Waals surface area (Å²) >= 11 is 0. The number of rotatable bonds is 9. The zero-order valence-electron chi connectivity index (χ0n) is 19.0. The van der Waals surface area contributed by atoms with E-state index >= 15 is 0 Å². The van der Waals surface area contributed by atoms with E-state index in [0.29, 0.717) is 19.7 Å². The second-order valence-electron chi connectivity index (χ2n) is 7.93. The number of nitrogens with two attached hydrogens (primary N) is 1. The third kappa shape index (κ3) is 6.87. The van der Waals surface area contributed by atoms with Crippen LogP contribution < -0.4 is 26.0 Å². The van der Waals surface area contributed by atoms with E-state index in [4.69, 9.17) is 15.5 Å². The normalized spacial score (nSPS) is 14.8. The number of aromatic nitrogens is 1. The average molecular weight is 439 g/mol. The Kier molecular flexibility index (Phi) is 8.71. The molecule has 1 fully saturated rings. The van der Waals surface area contributed by atoms with E-state index in [1.807, 2.05) is 37.3 Å². The number of pyridine rings is 1. The van der Waals surface area contributed by atoms with E-state index < -0.39 is 0 Å². The molecule has 0 radical (unpaired) electrons. The predicted octanol–water partition coefficient (Wildman–Crippen LogP) is 2.23. The highest BCUT2D eigenvalue weighted by Gasteiger charge is 2.24. The van der Waals surface area contributed by atoms with Crippen molar-refractivity contribution in [1.29, 1.82) is 0 Å². The maximum Gasteiger partial charge on any atom is 0.220 e. The average Bonchev–Trinajstić information content (AvgIpc) is 2.81. The molecule has 2 heterocycles. The van der Waals surface area contributed by atoms with Crippen LogP contribution in [0.4, 0.5) is 5.82 Å². The minimum Gasteiger partial charge on any atom is -0.492 e. The molecule has 8 nitrogen and oxygen atoms in total. The van der Waals surface area contributed by atoms with Crippen molar-refractivity contribution in [2.24, 2.45) is 16.6 Å². The third-order valence-electron chi connectivity index (χ3n) is 5.50. The van der Waals surface area contributed by atoms with Gasteiger partial charge in [0.05, 0.1) is 13.1 Å². The molecule has 32 heavy (non-hydrogen) atoms. The van der Waals surface area contributed by atoms with Crippen LogP contribution in [0.1, 0.15) is 30.9 Å². The van der Waals surface area contributed by atoms with Crippen molar-refractivity contribution in [3.63, 3.8) is 0 Å². The summed E-state index contributed by atoms with van der Waals surface area (Å²) in [5.74, 6) is 2.28. The molecule has 1 aromatic carbocycles. The molecule has 4 N–H and O–H groups in total. The molecule has 1 aliphatic heterocycles. The van der Waals surface area contributed by atoms with Crippen molar-refractivity contribution >= 4 is 17.7 Å². The number of carbonyl (C=O) groups is 1. The molecule has 1 aromatic heterocycles. The summed E-state index contributed by atoms with van der Waals surface area (Å²) < 4.78 is 5.78. The number of benzene rings is 1. The second kappa shape index (κ2) is 11.9. The molecule has 0 bridgehead atoms. The van der Waals surface area contributed by atoms with Crippen molar-refractivity contribution in [2.75, 3.05) is 37.7 Å². The van der Waals surface area contributed by atoms with Crippen molar-refractivity contribution in [2.45, 2.75) is 33.2 Å². The Balaban J connectivity index is 1.55. The van der Waals surface area contributed by atoms with Gasteiger partial charge in [-0.2, -0.15) is 0 Å². The number of hydrogen-bond donors (Lipinski definition) is 3. The summed E-state index contributed by atoms with van der Waals surface area (Å²) in [4.78, 5) is 23.0. The molecule has 0 atom stereocenters. The molecule has 0 unspecified atom stereocenters. The summed E-state index contributed by atoms with van der Waals surface area (Å²) in [6.07, 6.45) is 3.33. The number of nitrogens with zero attached hydrogens (tertiary/aromatic N) is 3. The van der Waals surface area contributed by atoms with E-state index in [9.17, 15) is 4.79 Å². The first-order valence-electron chi connectivity index (χ1n) is 11.3. The number of anilines is 1. The van der Waals surface area contributed by atoms with E-state index in [-0.39, 0.29) is 11.8 Å². The van der Waals surface area contributed by atoms with Gasteiger partial charge in [-0.15, -0.1) is 0 Å². The molecule has 2 aromatic rings. The molecule has 172 valence electrons. The Labute approximate surface area is 190 Å². The van der Waals surface area contributed by atoms with Crippen LogP contribution in [0.5, 0.6) is 5.75 Å². The molecule has 1 amide bonds. The molecular formula is C24H34N6O2. The minimum absolute atomic E-state index is 0.0388. The molecule has 1 aliphatic rings. The quantitative estimate of drug-likeness (QED) is 0.315. The number of amides is 1. The van der Waals surface area contributed by atoms with Gasteiger partial charge in [0.1, 0.15) is 18.2 Å². The SMILES string of the molecule is CCNC(=NCc1cccnc1N1CCC(C(N)=O)CC1)NCCOc1ccc(C)cc1. The maximum absolute atomic E-state index is 11.5. The summed E-state index contributed by atoms with van der Waals surface area (Å²) in [5, 5.41) is 6.59. The standard InChI is InChI=1S/C24H34N6O2/c1-3-26-24(28-13-16-32-21-8-6-18(2)7-9-21)29-17-20-5-4-12-27-23(20)30-14-10-19(11-15-30)22(25)31/h4-9,12,19H,3,10-11,13-17H2,1-2H3,(H2,25,31)(H2,26,28,29). The molecule has 3 rings (SSSR count). The van der Waals surface area contributed by atoms with Gasteiger partial charge in [0, 0.05) is 37.3 Å². The van der Waals surface area contributed by atoms with Gasteiger partial charge in [-0.05, 0) is 44.9 Å². The first-order chi connectivity index (χ1) is 15.6. The highest BCUT2D eigenvalue weighted by molar-refractivity contribution is 5.79. The number of hydrogen-bond acceptors (Lipinski definition) is 5. The van der Waals surface area contributed by atoms with Gasteiger partial charge in [0.25, 0.3) is 0 Å². The zero-order valence-corrected chi connectivity index (χ0v) is 19.0. The largest absolute Gasteiger partial charge is 0.492 e. The minimum atomic E-state index is -0.205. The lowest BCUT2D eigenvalue weighted by atomic mass is 9.96. The van der Waals surface area contributed by atoms with Crippen molar-refractivity contribution in [3.05, 3.63) is 53.7 Å². The number of carbonyl (C=O) groups excluding carboxylic acids is 1. The Morgan fingerprint density at radius 3 is 2.66 bits per heavy atom. The number of aliphatic imine (C=N–C) groups is 1. The smallest absolute Gasteiger partial charge is 0.220 e. The van der Waals surface area contributed by atoms with Gasteiger partial charge in [0.15, 0.2) is 5.96 Å². The zero-order chi connectivity index (χ0) is 22.8. The van der Waals surface area contributed by atoms with Gasteiger partial charge in [-0.3, -0.25) is 4.79 Å². The molecule has 1 saturated heterocycles. The van der Waals surface area contributed by atoms with E-state index in [0.717, 1.165) is 55.6 Å². The van der Waals surface area contributed by atoms with Gasteiger partial charge in [-0.1, -0.05) is 23.8 Å². The van der Waals surface area contributed by atoms with Gasteiger partial charge < -0.3 is 26.0 Å². The predicted molar refractivity (Wildman–Crippen MR) is 128 cm³/mol. The maximum atomic E-state index is 11.5. The molecular weight excluding hydrogens is 404 g/mol. The van der Waals surface area contributed by atoms with Gasteiger partial charge >= 0.3 is 0 Å². The highest BCUT2D eigenvalue weighted by Crippen LogP contribution is 2.24. The van der Waals surface area contributed by atoms with Crippen LogP contribution in [0.25, 0.3) is 0 Å². The Morgan fingerprint density at radius 2 is 1.97 bits per heavy atom. The monoisotopic (exact) mass is 438 g/mol. The molecule has 8 heteroatoms. The summed E-state index contributed by atoms with van der Waals surface area (Å²) in [5.41, 5.74) is 7.73. The fourth-order valence-corrected chi connectivity index (χ4v) is 3.69. The number of guanidine groups is 1. The van der Waals surface area contributed by atoms with Crippen LogP contribution in [-0.4, -0.2) is 49.6 Å². The number of aryl methyl sites for hydroxylation is 1.